The summed E-state index contributed by atoms with van der Waals surface area (Å²) < 4.78 is 15.6. The second-order valence-electron chi connectivity index (χ2n) is 6.38. The number of rotatable bonds is 8. The third kappa shape index (κ3) is 5.68. The molecule has 30 heavy (non-hydrogen) atoms. The van der Waals surface area contributed by atoms with Crippen LogP contribution in [0.4, 0.5) is 20.6 Å². The van der Waals surface area contributed by atoms with Gasteiger partial charge in [-0.1, -0.05) is 18.2 Å². The fraction of sp³-hybridized carbons (Fsp3) is 0.238. The van der Waals surface area contributed by atoms with Crippen molar-refractivity contribution in [2.24, 2.45) is 4.99 Å². The highest BCUT2D eigenvalue weighted by Gasteiger charge is 2.09. The van der Waals surface area contributed by atoms with E-state index in [0.717, 1.165) is 16.9 Å². The number of amides is 2. The van der Waals surface area contributed by atoms with Crippen molar-refractivity contribution < 1.29 is 14.3 Å². The molecule has 0 radical (unpaired) electrons. The Morgan fingerprint density at radius 2 is 2.00 bits per heavy atom. The second-order valence-corrected chi connectivity index (χ2v) is 7.22. The van der Waals surface area contributed by atoms with Crippen LogP contribution >= 0.6 is 11.3 Å². The molecule has 0 bridgehead atoms. The van der Waals surface area contributed by atoms with Gasteiger partial charge in [0.25, 0.3) is 0 Å². The molecule has 3 rings (SSSR count). The molecule has 1 heterocycles. The number of anilines is 1. The van der Waals surface area contributed by atoms with E-state index < -0.39 is 0 Å². The molecule has 0 saturated heterocycles. The van der Waals surface area contributed by atoms with Gasteiger partial charge in [-0.3, -0.25) is 0 Å². The Morgan fingerprint density at radius 3 is 2.70 bits per heavy atom. The maximum absolute atomic E-state index is 13.6. The van der Waals surface area contributed by atoms with E-state index in [1.54, 1.807) is 19.2 Å². The maximum Gasteiger partial charge on any atom is 0.314 e. The van der Waals surface area contributed by atoms with E-state index in [1.807, 2.05) is 34.2 Å². The van der Waals surface area contributed by atoms with Crippen molar-refractivity contribution in [3.05, 3.63) is 64.5 Å². The summed E-state index contributed by atoms with van der Waals surface area (Å²) in [5.74, 6) is -0.341. The lowest BCUT2D eigenvalue weighted by Gasteiger charge is -2.11. The number of carbonyl (C=O) groups excluding carboxylic acids is 1. The van der Waals surface area contributed by atoms with Crippen molar-refractivity contribution in [2.45, 2.75) is 6.54 Å². The topological polar surface area (TPSA) is 90.7 Å². The molecule has 0 aliphatic heterocycles. The Balaban J connectivity index is 1.94. The molecule has 0 fully saturated rings. The standard InChI is InChI=1S/C21H24FN5O2S/c1-23-20(29)25-9-11-27-19(15-5-7-17(8-6-15)24-10-12-28)14-30-21(27)26-18-4-2-3-16(22)13-18/h2-8,13-14,24,28H,9-12H2,1H3,(H2,23,25,29)/b26-21+. The van der Waals surface area contributed by atoms with Crippen molar-refractivity contribution in [3.63, 3.8) is 0 Å². The number of nitrogens with one attached hydrogen (secondary N) is 3. The third-order valence-electron chi connectivity index (χ3n) is 4.30. The van der Waals surface area contributed by atoms with Gasteiger partial charge < -0.3 is 25.6 Å². The van der Waals surface area contributed by atoms with Gasteiger partial charge in [-0.15, -0.1) is 11.3 Å². The summed E-state index contributed by atoms with van der Waals surface area (Å²) in [7, 11) is 1.57. The van der Waals surface area contributed by atoms with Crippen LogP contribution in [0, 0.1) is 5.82 Å². The van der Waals surface area contributed by atoms with Gasteiger partial charge in [0.1, 0.15) is 5.82 Å². The van der Waals surface area contributed by atoms with Gasteiger partial charge in [-0.25, -0.2) is 14.2 Å². The zero-order valence-corrected chi connectivity index (χ0v) is 17.4. The van der Waals surface area contributed by atoms with Crippen LogP contribution in [0.25, 0.3) is 11.3 Å². The molecule has 0 spiro atoms. The van der Waals surface area contributed by atoms with Gasteiger partial charge in [-0.05, 0) is 35.9 Å². The Labute approximate surface area is 177 Å². The lowest BCUT2D eigenvalue weighted by Crippen LogP contribution is -2.36. The van der Waals surface area contributed by atoms with E-state index in [2.05, 4.69) is 20.9 Å². The SMILES string of the molecule is CNC(=O)NCCn1c(-c2ccc(NCCO)cc2)cs/c1=N/c1cccc(F)c1. The zero-order valence-electron chi connectivity index (χ0n) is 16.6. The lowest BCUT2D eigenvalue weighted by atomic mass is 10.1. The molecule has 0 aliphatic carbocycles. The van der Waals surface area contributed by atoms with Crippen LogP contribution in [0.15, 0.2) is 58.9 Å². The number of benzene rings is 2. The van der Waals surface area contributed by atoms with Gasteiger partial charge in [0.15, 0.2) is 4.80 Å². The van der Waals surface area contributed by atoms with E-state index in [4.69, 9.17) is 5.11 Å². The van der Waals surface area contributed by atoms with Crippen LogP contribution in [0.3, 0.4) is 0 Å². The number of urea groups is 1. The quantitative estimate of drug-likeness (QED) is 0.444. The molecule has 0 saturated carbocycles. The van der Waals surface area contributed by atoms with Gasteiger partial charge in [0.2, 0.25) is 0 Å². The molecular weight excluding hydrogens is 405 g/mol. The van der Waals surface area contributed by atoms with Gasteiger partial charge >= 0.3 is 6.03 Å². The molecule has 1 aromatic heterocycles. The first-order valence-corrected chi connectivity index (χ1v) is 10.4. The van der Waals surface area contributed by atoms with Crippen molar-refractivity contribution in [3.8, 4) is 11.3 Å². The predicted octanol–water partition coefficient (Wildman–Crippen LogP) is 2.92. The molecule has 0 aliphatic rings. The van der Waals surface area contributed by atoms with Crippen molar-refractivity contribution in [1.82, 2.24) is 15.2 Å². The molecule has 7 nitrogen and oxygen atoms in total. The van der Waals surface area contributed by atoms with E-state index in [-0.39, 0.29) is 18.5 Å². The molecule has 2 aromatic carbocycles. The molecule has 2 amide bonds. The highest BCUT2D eigenvalue weighted by molar-refractivity contribution is 7.07. The van der Waals surface area contributed by atoms with E-state index in [1.165, 1.54) is 23.5 Å². The molecule has 4 N–H and O–H groups in total. The van der Waals surface area contributed by atoms with E-state index >= 15 is 0 Å². The summed E-state index contributed by atoms with van der Waals surface area (Å²) in [4.78, 5) is 16.8. The van der Waals surface area contributed by atoms with Crippen LogP contribution < -0.4 is 20.8 Å². The van der Waals surface area contributed by atoms with Gasteiger partial charge in [0.05, 0.1) is 18.0 Å². The Kier molecular flexibility index (Phi) is 7.58. The smallest absolute Gasteiger partial charge is 0.314 e. The van der Waals surface area contributed by atoms with Gasteiger partial charge in [0, 0.05) is 37.7 Å². The summed E-state index contributed by atoms with van der Waals surface area (Å²) in [6, 6.07) is 13.7. The summed E-state index contributed by atoms with van der Waals surface area (Å²) in [6.07, 6.45) is 0. The van der Waals surface area contributed by atoms with Crippen LogP contribution in [0.1, 0.15) is 0 Å². The molecule has 158 valence electrons. The summed E-state index contributed by atoms with van der Waals surface area (Å²) in [6.45, 7) is 1.47. The molecule has 3 aromatic rings. The maximum atomic E-state index is 13.6. The number of aliphatic hydroxyl groups is 1. The summed E-state index contributed by atoms with van der Waals surface area (Å²) in [5.41, 5.74) is 3.38. The van der Waals surface area contributed by atoms with Crippen LogP contribution in [0.2, 0.25) is 0 Å². The molecule has 9 heteroatoms. The summed E-state index contributed by atoms with van der Waals surface area (Å²) >= 11 is 1.45. The molecule has 0 atom stereocenters. The lowest BCUT2D eigenvalue weighted by molar-refractivity contribution is 0.242. The predicted molar refractivity (Wildman–Crippen MR) is 117 cm³/mol. The van der Waals surface area contributed by atoms with Crippen LogP contribution in [0.5, 0.6) is 0 Å². The fourth-order valence-electron chi connectivity index (χ4n) is 2.85. The largest absolute Gasteiger partial charge is 0.395 e. The average Bonchev–Trinajstić information content (AvgIpc) is 3.14. The monoisotopic (exact) mass is 429 g/mol. The van der Waals surface area contributed by atoms with Crippen LogP contribution in [-0.4, -0.2) is 42.4 Å². The van der Waals surface area contributed by atoms with Crippen molar-refractivity contribution >= 4 is 28.7 Å². The number of aromatic nitrogens is 1. The summed E-state index contributed by atoms with van der Waals surface area (Å²) in [5, 5.41) is 19.4. The number of hydrogen-bond donors (Lipinski definition) is 4. The number of nitrogens with zero attached hydrogens (tertiary/aromatic N) is 2. The first-order chi connectivity index (χ1) is 14.6. The molecule has 0 unspecified atom stereocenters. The fourth-order valence-corrected chi connectivity index (χ4v) is 3.81. The minimum absolute atomic E-state index is 0.0650. The zero-order chi connectivity index (χ0) is 21.3. The van der Waals surface area contributed by atoms with Crippen molar-refractivity contribution in [1.29, 1.82) is 0 Å². The minimum atomic E-state index is -0.341. The second kappa shape index (κ2) is 10.6. The number of carbonyl (C=O) groups is 1. The normalized spacial score (nSPS) is 11.4. The number of aliphatic hydroxyl groups excluding tert-OH is 1. The molecular formula is C21H24FN5O2S. The average molecular weight is 430 g/mol. The van der Waals surface area contributed by atoms with Crippen molar-refractivity contribution in [2.75, 3.05) is 32.1 Å². The number of thiazole rings is 1. The van der Waals surface area contributed by atoms with E-state index in [9.17, 15) is 9.18 Å². The third-order valence-corrected chi connectivity index (χ3v) is 5.16. The highest BCUT2D eigenvalue weighted by Crippen LogP contribution is 2.23. The van der Waals surface area contributed by atoms with E-state index in [0.29, 0.717) is 30.1 Å². The minimum Gasteiger partial charge on any atom is -0.395 e. The van der Waals surface area contributed by atoms with Gasteiger partial charge in [-0.2, -0.15) is 0 Å². The number of hydrogen-bond acceptors (Lipinski definition) is 5. The number of halogens is 1. The Bertz CT molecular complexity index is 1050. The Morgan fingerprint density at radius 1 is 1.20 bits per heavy atom. The van der Waals surface area contributed by atoms with Crippen LogP contribution in [-0.2, 0) is 6.54 Å². The highest BCUT2D eigenvalue weighted by atomic mass is 32.1. The first-order valence-electron chi connectivity index (χ1n) is 9.50. The first kappa shape index (κ1) is 21.5. The Hall–Kier alpha value is -3.17.